The van der Waals surface area contributed by atoms with Gasteiger partial charge in [0, 0.05) is 19.0 Å². The molecule has 2 atom stereocenters. The first kappa shape index (κ1) is 16.9. The Bertz CT molecular complexity index is 676. The minimum Gasteiger partial charge on any atom is -0.378 e. The molecule has 3 rings (SSSR count). The number of thiazole rings is 1. The number of anilines is 1. The molecule has 0 unspecified atom stereocenters. The van der Waals surface area contributed by atoms with Gasteiger partial charge in [0.05, 0.1) is 24.4 Å². The van der Waals surface area contributed by atoms with E-state index in [1.54, 1.807) is 7.11 Å². The monoisotopic (exact) mass is 346 g/mol. The Hall–Kier alpha value is -1.96. The molecule has 24 heavy (non-hydrogen) atoms. The topological polar surface area (TPSA) is 66.5 Å². The number of ether oxygens (including phenoxy) is 1. The van der Waals surface area contributed by atoms with E-state index in [9.17, 15) is 4.79 Å². The Morgan fingerprint density at radius 3 is 2.96 bits per heavy atom. The first-order chi connectivity index (χ1) is 11.7. The molecular weight excluding hydrogens is 324 g/mol. The lowest BCUT2D eigenvalue weighted by Crippen LogP contribution is -2.41. The number of nitrogens with zero attached hydrogens (tertiary/aromatic N) is 2. The Kier molecular flexibility index (Phi) is 5.44. The van der Waals surface area contributed by atoms with Gasteiger partial charge < -0.3 is 10.1 Å². The maximum Gasteiger partial charge on any atom is 0.321 e. The quantitative estimate of drug-likeness (QED) is 0.874. The smallest absolute Gasteiger partial charge is 0.321 e. The number of carbonyl (C=O) groups is 1. The summed E-state index contributed by atoms with van der Waals surface area (Å²) in [6.07, 6.45) is 0.927. The number of amides is 2. The summed E-state index contributed by atoms with van der Waals surface area (Å²) >= 11 is 1.40. The Morgan fingerprint density at radius 2 is 2.21 bits per heavy atom. The van der Waals surface area contributed by atoms with Gasteiger partial charge in [-0.2, -0.15) is 0 Å². The normalized spacial score (nSPS) is 20.9. The third-order valence-electron chi connectivity index (χ3n) is 4.17. The van der Waals surface area contributed by atoms with E-state index in [0.29, 0.717) is 11.7 Å². The fourth-order valence-electron chi connectivity index (χ4n) is 3.12. The molecular formula is C17H22N4O2S. The van der Waals surface area contributed by atoms with Gasteiger partial charge in [0.2, 0.25) is 0 Å². The van der Waals surface area contributed by atoms with Crippen molar-refractivity contribution in [3.8, 4) is 0 Å². The molecule has 0 aliphatic carbocycles. The van der Waals surface area contributed by atoms with E-state index in [-0.39, 0.29) is 18.1 Å². The standard InChI is InChI=1S/C17H22N4O2S/c1-21-9-8-14(15(21)12-6-4-3-5-7-12)19-16(22)20-17-18-13(10-23-2)11-24-17/h3-7,11,14-15H,8-10H2,1-2H3,(H2,18,19,20,22)/t14-,15-/m1/s1. The van der Waals surface area contributed by atoms with Crippen LogP contribution in [0.5, 0.6) is 0 Å². The van der Waals surface area contributed by atoms with Gasteiger partial charge in [0.25, 0.3) is 0 Å². The zero-order chi connectivity index (χ0) is 16.9. The molecule has 1 aromatic heterocycles. The third-order valence-corrected chi connectivity index (χ3v) is 4.98. The van der Waals surface area contributed by atoms with Crippen LogP contribution in [0.15, 0.2) is 35.7 Å². The number of rotatable bonds is 5. The van der Waals surface area contributed by atoms with Crippen molar-refractivity contribution in [2.75, 3.05) is 26.0 Å². The molecule has 1 saturated heterocycles. The molecule has 1 fully saturated rings. The van der Waals surface area contributed by atoms with Gasteiger partial charge in [-0.1, -0.05) is 30.3 Å². The summed E-state index contributed by atoms with van der Waals surface area (Å²) < 4.78 is 5.04. The summed E-state index contributed by atoms with van der Waals surface area (Å²) in [5.74, 6) is 0. The van der Waals surface area contributed by atoms with Crippen molar-refractivity contribution in [3.63, 3.8) is 0 Å². The highest BCUT2D eigenvalue weighted by atomic mass is 32.1. The zero-order valence-electron chi connectivity index (χ0n) is 13.9. The number of hydrogen-bond donors (Lipinski definition) is 2. The van der Waals surface area contributed by atoms with Crippen LogP contribution in [0, 0.1) is 0 Å². The summed E-state index contributed by atoms with van der Waals surface area (Å²) in [6, 6.07) is 10.3. The van der Waals surface area contributed by atoms with Gasteiger partial charge in [0.1, 0.15) is 0 Å². The Labute approximate surface area is 145 Å². The van der Waals surface area contributed by atoms with E-state index in [2.05, 4.69) is 39.7 Å². The number of urea groups is 1. The van der Waals surface area contributed by atoms with E-state index in [0.717, 1.165) is 18.7 Å². The Balaban J connectivity index is 1.62. The summed E-state index contributed by atoms with van der Waals surface area (Å²) in [6.45, 7) is 1.41. The van der Waals surface area contributed by atoms with Crippen LogP contribution < -0.4 is 10.6 Å². The van der Waals surface area contributed by atoms with Crippen molar-refractivity contribution < 1.29 is 9.53 Å². The number of hydrogen-bond acceptors (Lipinski definition) is 5. The molecule has 1 aliphatic rings. The van der Waals surface area contributed by atoms with Crippen molar-refractivity contribution in [1.29, 1.82) is 0 Å². The zero-order valence-corrected chi connectivity index (χ0v) is 14.7. The molecule has 1 aliphatic heterocycles. The largest absolute Gasteiger partial charge is 0.378 e. The van der Waals surface area contributed by atoms with E-state index >= 15 is 0 Å². The average Bonchev–Trinajstić information content (AvgIpc) is 3.15. The van der Waals surface area contributed by atoms with Gasteiger partial charge in [-0.15, -0.1) is 11.3 Å². The van der Waals surface area contributed by atoms with Crippen molar-refractivity contribution in [3.05, 3.63) is 47.0 Å². The van der Waals surface area contributed by atoms with Gasteiger partial charge in [-0.3, -0.25) is 10.2 Å². The maximum absolute atomic E-state index is 12.3. The van der Waals surface area contributed by atoms with Gasteiger partial charge in [0.15, 0.2) is 5.13 Å². The minimum absolute atomic E-state index is 0.0795. The summed E-state index contributed by atoms with van der Waals surface area (Å²) in [7, 11) is 3.72. The molecule has 0 saturated carbocycles. The molecule has 0 bridgehead atoms. The predicted octanol–water partition coefficient (Wildman–Crippen LogP) is 2.86. The first-order valence-corrected chi connectivity index (χ1v) is 8.81. The molecule has 128 valence electrons. The molecule has 2 heterocycles. The second-order valence-corrected chi connectivity index (χ2v) is 6.76. The van der Waals surface area contributed by atoms with E-state index in [1.165, 1.54) is 16.9 Å². The molecule has 1 aromatic carbocycles. The lowest BCUT2D eigenvalue weighted by molar-refractivity contribution is 0.182. The number of aromatic nitrogens is 1. The van der Waals surface area contributed by atoms with Crippen LogP contribution in [0.4, 0.5) is 9.93 Å². The summed E-state index contributed by atoms with van der Waals surface area (Å²) in [4.78, 5) is 18.9. The van der Waals surface area contributed by atoms with Crippen molar-refractivity contribution in [1.82, 2.24) is 15.2 Å². The molecule has 6 nitrogen and oxygen atoms in total. The highest BCUT2D eigenvalue weighted by molar-refractivity contribution is 7.13. The highest BCUT2D eigenvalue weighted by Gasteiger charge is 2.33. The van der Waals surface area contributed by atoms with Crippen LogP contribution in [0.3, 0.4) is 0 Å². The number of likely N-dealkylation sites (N-methyl/N-ethyl adjacent to an activating group) is 1. The average molecular weight is 346 g/mol. The molecule has 0 spiro atoms. The SMILES string of the molecule is COCc1csc(NC(=O)N[C@@H]2CCN(C)[C@@H]2c2ccccc2)n1. The lowest BCUT2D eigenvalue weighted by atomic mass is 10.0. The van der Waals surface area contributed by atoms with Crippen LogP contribution in [0.1, 0.15) is 23.7 Å². The van der Waals surface area contributed by atoms with Gasteiger partial charge in [-0.05, 0) is 19.0 Å². The van der Waals surface area contributed by atoms with E-state index in [4.69, 9.17) is 4.74 Å². The second kappa shape index (κ2) is 7.74. The Morgan fingerprint density at radius 1 is 1.42 bits per heavy atom. The molecule has 7 heteroatoms. The van der Waals surface area contributed by atoms with Crippen LogP contribution in [-0.2, 0) is 11.3 Å². The number of nitrogens with one attached hydrogen (secondary N) is 2. The van der Waals surface area contributed by atoms with E-state index < -0.39 is 0 Å². The highest BCUT2D eigenvalue weighted by Crippen LogP contribution is 2.30. The summed E-state index contributed by atoms with van der Waals surface area (Å²) in [5, 5.41) is 8.38. The maximum atomic E-state index is 12.3. The van der Waals surface area contributed by atoms with Gasteiger partial charge >= 0.3 is 6.03 Å². The molecule has 2 N–H and O–H groups in total. The van der Waals surface area contributed by atoms with Crippen LogP contribution >= 0.6 is 11.3 Å². The van der Waals surface area contributed by atoms with Crippen molar-refractivity contribution >= 4 is 22.5 Å². The molecule has 2 aromatic rings. The first-order valence-electron chi connectivity index (χ1n) is 7.93. The van der Waals surface area contributed by atoms with Crippen LogP contribution in [-0.4, -0.2) is 42.7 Å². The number of likely N-dealkylation sites (tertiary alicyclic amines) is 1. The predicted molar refractivity (Wildman–Crippen MR) is 95.2 cm³/mol. The van der Waals surface area contributed by atoms with Gasteiger partial charge in [-0.25, -0.2) is 9.78 Å². The van der Waals surface area contributed by atoms with Crippen LogP contribution in [0.25, 0.3) is 0 Å². The van der Waals surface area contributed by atoms with Crippen molar-refractivity contribution in [2.45, 2.75) is 25.1 Å². The molecule has 0 radical (unpaired) electrons. The fourth-order valence-corrected chi connectivity index (χ4v) is 3.81. The number of benzene rings is 1. The number of methoxy groups -OCH3 is 1. The number of carbonyl (C=O) groups excluding carboxylic acids is 1. The fraction of sp³-hybridized carbons (Fsp3) is 0.412. The van der Waals surface area contributed by atoms with Crippen LogP contribution in [0.2, 0.25) is 0 Å². The summed E-state index contributed by atoms with van der Waals surface area (Å²) in [5.41, 5.74) is 2.04. The third kappa shape index (κ3) is 3.92. The van der Waals surface area contributed by atoms with E-state index in [1.807, 2.05) is 23.6 Å². The van der Waals surface area contributed by atoms with Crippen molar-refractivity contribution in [2.24, 2.45) is 0 Å². The minimum atomic E-state index is -0.213. The lowest BCUT2D eigenvalue weighted by Gasteiger charge is -2.26. The molecule has 2 amide bonds. The second-order valence-electron chi connectivity index (χ2n) is 5.91.